The minimum absolute atomic E-state index is 0.0697. The van der Waals surface area contributed by atoms with E-state index in [-0.39, 0.29) is 23.9 Å². The third-order valence-electron chi connectivity index (χ3n) is 5.48. The van der Waals surface area contributed by atoms with Gasteiger partial charge < -0.3 is 25.2 Å². The Bertz CT molecular complexity index is 799. The Morgan fingerprint density at radius 1 is 1.06 bits per heavy atom. The molecule has 3 rings (SSSR count). The quantitative estimate of drug-likeness (QED) is 0.764. The summed E-state index contributed by atoms with van der Waals surface area (Å²) >= 11 is 0. The minimum Gasteiger partial charge on any atom is -0.444 e. The van der Waals surface area contributed by atoms with Gasteiger partial charge in [-0.05, 0) is 64.2 Å². The van der Waals surface area contributed by atoms with E-state index in [1.807, 2.05) is 49.9 Å². The maximum atomic E-state index is 12.7. The highest BCUT2D eigenvalue weighted by atomic mass is 16.6. The van der Waals surface area contributed by atoms with Crippen molar-refractivity contribution < 1.29 is 19.1 Å². The maximum Gasteiger partial charge on any atom is 0.410 e. The largest absolute Gasteiger partial charge is 0.444 e. The summed E-state index contributed by atoms with van der Waals surface area (Å²) < 4.78 is 5.43. The molecule has 1 atom stereocenters. The summed E-state index contributed by atoms with van der Waals surface area (Å²) in [7, 11) is 0. The summed E-state index contributed by atoms with van der Waals surface area (Å²) in [6, 6.07) is 7.43. The van der Waals surface area contributed by atoms with Gasteiger partial charge in [-0.2, -0.15) is 0 Å². The molecule has 0 radical (unpaired) electrons. The minimum atomic E-state index is -0.554. The number of amides is 4. The van der Waals surface area contributed by atoms with E-state index >= 15 is 0 Å². The molecule has 0 spiro atoms. The van der Waals surface area contributed by atoms with Crippen LogP contribution < -0.4 is 10.6 Å². The number of hydrogen-bond acceptors (Lipinski definition) is 4. The lowest BCUT2D eigenvalue weighted by atomic mass is 9.97. The zero-order valence-electron chi connectivity index (χ0n) is 18.8. The molecule has 1 unspecified atom stereocenters. The van der Waals surface area contributed by atoms with Gasteiger partial charge in [-0.15, -0.1) is 0 Å². The van der Waals surface area contributed by atoms with E-state index in [2.05, 4.69) is 10.6 Å². The smallest absolute Gasteiger partial charge is 0.410 e. The first-order valence-electron chi connectivity index (χ1n) is 11.1. The monoisotopic (exact) mass is 430 g/mol. The van der Waals surface area contributed by atoms with Gasteiger partial charge in [0, 0.05) is 38.4 Å². The van der Waals surface area contributed by atoms with Crippen LogP contribution in [-0.4, -0.2) is 59.6 Å². The molecule has 170 valence electrons. The Kier molecular flexibility index (Phi) is 7.41. The lowest BCUT2D eigenvalue weighted by molar-refractivity contribution is -0.126. The summed E-state index contributed by atoms with van der Waals surface area (Å²) in [6.45, 7) is 8.44. The number of piperidine rings is 1. The Labute approximate surface area is 184 Å². The molecule has 8 nitrogen and oxygen atoms in total. The van der Waals surface area contributed by atoms with Crippen molar-refractivity contribution in [1.29, 1.82) is 0 Å². The van der Waals surface area contributed by atoms with E-state index in [1.54, 1.807) is 4.90 Å². The molecule has 31 heavy (non-hydrogen) atoms. The molecule has 4 amide bonds. The maximum absolute atomic E-state index is 12.7. The van der Waals surface area contributed by atoms with Crippen molar-refractivity contribution in [2.24, 2.45) is 5.92 Å². The lowest BCUT2D eigenvalue weighted by Crippen LogP contribution is -2.46. The predicted molar refractivity (Wildman–Crippen MR) is 119 cm³/mol. The average molecular weight is 431 g/mol. The van der Waals surface area contributed by atoms with Crippen LogP contribution >= 0.6 is 0 Å². The van der Waals surface area contributed by atoms with E-state index in [1.165, 1.54) is 0 Å². The molecule has 2 aliphatic rings. The number of nitrogens with one attached hydrogen (secondary N) is 2. The molecule has 0 aliphatic carbocycles. The Hall–Kier alpha value is -2.77. The predicted octanol–water partition coefficient (Wildman–Crippen LogP) is 3.58. The molecular weight excluding hydrogens is 396 g/mol. The number of hydrogen-bond donors (Lipinski definition) is 2. The molecule has 1 aromatic rings. The second-order valence-corrected chi connectivity index (χ2v) is 9.31. The van der Waals surface area contributed by atoms with Gasteiger partial charge in [0.25, 0.3) is 0 Å². The standard InChI is InChI=1S/C23H34N4O4/c1-23(2,3)31-22(30)27-13-7-9-18(16-27)20(28)24-15-17-8-6-10-19(14-17)25-21(29)26-11-4-5-12-26/h6,8,10,14,18H,4-5,7,9,11-13,15-16H2,1-3H3,(H,24,28)(H,25,29). The number of rotatable bonds is 4. The molecule has 0 bridgehead atoms. The Morgan fingerprint density at radius 2 is 1.77 bits per heavy atom. The third-order valence-corrected chi connectivity index (χ3v) is 5.48. The van der Waals surface area contributed by atoms with Gasteiger partial charge in [-0.3, -0.25) is 4.79 Å². The van der Waals surface area contributed by atoms with Crippen LogP contribution in [0.4, 0.5) is 15.3 Å². The summed E-state index contributed by atoms with van der Waals surface area (Å²) in [5.41, 5.74) is 1.08. The van der Waals surface area contributed by atoms with Crippen molar-refractivity contribution in [2.45, 2.75) is 58.6 Å². The first-order valence-corrected chi connectivity index (χ1v) is 11.1. The number of likely N-dealkylation sites (tertiary alicyclic amines) is 2. The Balaban J connectivity index is 1.49. The van der Waals surface area contributed by atoms with Crippen LogP contribution in [0.2, 0.25) is 0 Å². The molecule has 2 fully saturated rings. The van der Waals surface area contributed by atoms with Crippen LogP contribution in [0.3, 0.4) is 0 Å². The number of carbonyl (C=O) groups is 3. The van der Waals surface area contributed by atoms with Crippen molar-refractivity contribution in [3.8, 4) is 0 Å². The van der Waals surface area contributed by atoms with Crippen molar-refractivity contribution in [2.75, 3.05) is 31.5 Å². The van der Waals surface area contributed by atoms with Gasteiger partial charge in [0.2, 0.25) is 5.91 Å². The molecule has 1 aromatic carbocycles. The number of anilines is 1. The molecule has 0 aromatic heterocycles. The fraction of sp³-hybridized carbons (Fsp3) is 0.609. The number of benzene rings is 1. The highest BCUT2D eigenvalue weighted by molar-refractivity contribution is 5.89. The fourth-order valence-corrected chi connectivity index (χ4v) is 3.90. The number of urea groups is 1. The van der Waals surface area contributed by atoms with Crippen LogP contribution in [0.1, 0.15) is 52.0 Å². The molecule has 0 saturated carbocycles. The van der Waals surface area contributed by atoms with Gasteiger partial charge in [-0.25, -0.2) is 9.59 Å². The highest BCUT2D eigenvalue weighted by Gasteiger charge is 2.30. The lowest BCUT2D eigenvalue weighted by Gasteiger charge is -2.33. The molecule has 8 heteroatoms. The van der Waals surface area contributed by atoms with E-state index in [0.717, 1.165) is 50.0 Å². The third kappa shape index (κ3) is 6.87. The molecular formula is C23H34N4O4. The molecule has 2 saturated heterocycles. The van der Waals surface area contributed by atoms with E-state index < -0.39 is 5.60 Å². The SMILES string of the molecule is CC(C)(C)OC(=O)N1CCCC(C(=O)NCc2cccc(NC(=O)N3CCCC3)c2)C1. The van der Waals surface area contributed by atoms with E-state index in [4.69, 9.17) is 4.74 Å². The molecule has 2 aliphatic heterocycles. The Morgan fingerprint density at radius 3 is 2.48 bits per heavy atom. The number of carbonyl (C=O) groups excluding carboxylic acids is 3. The topological polar surface area (TPSA) is 91.0 Å². The normalized spacial score (nSPS) is 19.1. The summed E-state index contributed by atoms with van der Waals surface area (Å²) in [5.74, 6) is -0.320. The van der Waals surface area contributed by atoms with E-state index in [9.17, 15) is 14.4 Å². The van der Waals surface area contributed by atoms with Gasteiger partial charge in [-0.1, -0.05) is 12.1 Å². The number of nitrogens with zero attached hydrogens (tertiary/aromatic N) is 2. The molecule has 2 N–H and O–H groups in total. The van der Waals surface area contributed by atoms with Crippen molar-refractivity contribution >= 4 is 23.7 Å². The summed E-state index contributed by atoms with van der Waals surface area (Å²) in [5, 5.41) is 5.90. The van der Waals surface area contributed by atoms with Crippen molar-refractivity contribution in [1.82, 2.24) is 15.1 Å². The second-order valence-electron chi connectivity index (χ2n) is 9.31. The summed E-state index contributed by atoms with van der Waals surface area (Å²) in [6.07, 6.45) is 3.25. The molecule has 2 heterocycles. The number of ether oxygens (including phenoxy) is 1. The zero-order chi connectivity index (χ0) is 22.4. The fourth-order valence-electron chi connectivity index (χ4n) is 3.90. The van der Waals surface area contributed by atoms with Gasteiger partial charge >= 0.3 is 12.1 Å². The first kappa shape index (κ1) is 22.9. The van der Waals surface area contributed by atoms with Gasteiger partial charge in [0.1, 0.15) is 5.60 Å². The van der Waals surface area contributed by atoms with Crippen molar-refractivity contribution in [3.05, 3.63) is 29.8 Å². The van der Waals surface area contributed by atoms with Crippen LogP contribution in [0.25, 0.3) is 0 Å². The van der Waals surface area contributed by atoms with Crippen LogP contribution in [0.15, 0.2) is 24.3 Å². The second kappa shape index (κ2) is 10.0. The van der Waals surface area contributed by atoms with Crippen LogP contribution in [0, 0.1) is 5.92 Å². The highest BCUT2D eigenvalue weighted by Crippen LogP contribution is 2.20. The van der Waals surface area contributed by atoms with Crippen molar-refractivity contribution in [3.63, 3.8) is 0 Å². The summed E-state index contributed by atoms with van der Waals surface area (Å²) in [4.78, 5) is 40.7. The van der Waals surface area contributed by atoms with Crippen LogP contribution in [-0.2, 0) is 16.1 Å². The zero-order valence-corrected chi connectivity index (χ0v) is 18.8. The van der Waals surface area contributed by atoms with E-state index in [0.29, 0.717) is 19.6 Å². The average Bonchev–Trinajstić information content (AvgIpc) is 3.26. The van der Waals surface area contributed by atoms with Gasteiger partial charge in [0.15, 0.2) is 0 Å². The first-order chi connectivity index (χ1) is 14.7. The van der Waals surface area contributed by atoms with Crippen LogP contribution in [0.5, 0.6) is 0 Å². The van der Waals surface area contributed by atoms with Gasteiger partial charge in [0.05, 0.1) is 5.92 Å².